The van der Waals surface area contributed by atoms with E-state index in [0.29, 0.717) is 0 Å². The molecule has 0 saturated carbocycles. The van der Waals surface area contributed by atoms with E-state index in [1.54, 1.807) is 0 Å². The number of aromatic nitrogens is 3. The molecule has 27 aromatic rings. The maximum absolute atomic E-state index is 2.47. The maximum atomic E-state index is 2.47. The molecular formula is C126H81N3. The van der Waals surface area contributed by atoms with Gasteiger partial charge in [-0.05, 0) is 239 Å². The van der Waals surface area contributed by atoms with Crippen molar-refractivity contribution in [3.63, 3.8) is 0 Å². The number of hydrogen-bond acceptors (Lipinski definition) is 0. The Morgan fingerprint density at radius 2 is 0.388 bits per heavy atom. The summed E-state index contributed by atoms with van der Waals surface area (Å²) in [5.74, 6) is 0. The Kier molecular flexibility index (Phi) is 18.0. The van der Waals surface area contributed by atoms with Crippen molar-refractivity contribution in [2.24, 2.45) is 0 Å². The van der Waals surface area contributed by atoms with Gasteiger partial charge in [-0.2, -0.15) is 0 Å². The molecule has 0 fully saturated rings. The van der Waals surface area contributed by atoms with Crippen LogP contribution in [0.4, 0.5) is 0 Å². The number of benzene rings is 24. The number of fused-ring (bicyclic) bond motifs is 24. The lowest BCUT2D eigenvalue weighted by molar-refractivity contribution is 1.19. The summed E-state index contributed by atoms with van der Waals surface area (Å²) in [6, 6.07) is 179. The van der Waals surface area contributed by atoms with E-state index in [2.05, 4.69) is 505 Å². The van der Waals surface area contributed by atoms with Crippen LogP contribution in [0.2, 0.25) is 0 Å². The van der Waals surface area contributed by atoms with Gasteiger partial charge in [0.1, 0.15) is 0 Å². The van der Waals surface area contributed by atoms with Gasteiger partial charge >= 0.3 is 0 Å². The number of hydrogen-bond donors (Lipinski definition) is 0. The quantitative estimate of drug-likeness (QED) is 0.128. The minimum absolute atomic E-state index is 1.17. The zero-order valence-corrected chi connectivity index (χ0v) is 70.6. The van der Waals surface area contributed by atoms with Crippen molar-refractivity contribution in [1.82, 2.24) is 13.7 Å². The van der Waals surface area contributed by atoms with Crippen LogP contribution in [0.15, 0.2) is 491 Å². The third-order valence-electron chi connectivity index (χ3n) is 26.9. The molecule has 0 atom stereocenters. The Morgan fingerprint density at radius 3 is 0.837 bits per heavy atom. The molecule has 0 bridgehead atoms. The molecule has 3 heteroatoms. The highest BCUT2D eigenvalue weighted by Crippen LogP contribution is 2.48. The highest BCUT2D eigenvalue weighted by molar-refractivity contribution is 6.26. The fraction of sp³-hybridized carbons (Fsp3) is 0. The molecule has 24 aromatic carbocycles. The second-order valence-electron chi connectivity index (χ2n) is 34.0. The largest absolute Gasteiger partial charge is 0.309 e. The Labute approximate surface area is 746 Å². The summed E-state index contributed by atoms with van der Waals surface area (Å²) in [5, 5.41) is 30.6. The van der Waals surface area contributed by atoms with Gasteiger partial charge in [0.2, 0.25) is 0 Å². The van der Waals surface area contributed by atoms with Crippen LogP contribution < -0.4 is 0 Å². The van der Waals surface area contributed by atoms with Gasteiger partial charge in [0.05, 0.1) is 33.1 Å². The summed E-state index contributed by atoms with van der Waals surface area (Å²) < 4.78 is 7.35. The molecule has 0 aliphatic carbocycles. The van der Waals surface area contributed by atoms with Gasteiger partial charge in [-0.3, -0.25) is 0 Å². The Hall–Kier alpha value is -17.0. The zero-order chi connectivity index (χ0) is 85.0. The fourth-order valence-electron chi connectivity index (χ4n) is 20.9. The van der Waals surface area contributed by atoms with Crippen LogP contribution in [0.3, 0.4) is 0 Å². The molecule has 3 aromatic heterocycles. The monoisotopic (exact) mass is 1640 g/mol. The van der Waals surface area contributed by atoms with E-state index in [1.165, 1.54) is 246 Å². The Morgan fingerprint density at radius 1 is 0.109 bits per heavy atom. The Bertz CT molecular complexity index is 9150. The summed E-state index contributed by atoms with van der Waals surface area (Å²) >= 11 is 0. The average Bonchev–Trinajstić information content (AvgIpc) is 1.55. The molecule has 0 N–H and O–H groups in total. The van der Waals surface area contributed by atoms with Crippen molar-refractivity contribution in [3.8, 4) is 83.8 Å². The van der Waals surface area contributed by atoms with E-state index in [1.807, 2.05) is 0 Å². The normalized spacial score (nSPS) is 11.7. The summed E-state index contributed by atoms with van der Waals surface area (Å²) in [4.78, 5) is 0. The lowest BCUT2D eigenvalue weighted by atomic mass is 9.93. The van der Waals surface area contributed by atoms with Gasteiger partial charge < -0.3 is 13.7 Å². The van der Waals surface area contributed by atoms with Crippen LogP contribution in [-0.4, -0.2) is 13.7 Å². The standard InChI is InChI=1S/3C42H27N/c1-2-13-28(14-3-1)39-27-40-36-22-10-11-24-41(36)43(42(40)37-23-9-8-21-35(37)39)31-17-12-16-29(25-31)38-26-30-15-4-5-18-32(30)33-19-6-7-20-34(33)38;1-2-10-29(11-3-1)39-27-40-37-15-8-9-17-41(37)43(42(40)38-16-7-6-14-36(38)39)33-23-20-28(21-24-33)31-22-25-35-32(26-31)19-18-30-12-4-5-13-34(30)35;1-2-10-29(11-3-1)39-27-40-36-15-8-9-17-41(36)43(42(40)37-16-7-6-14-35(37)39)33-24-22-28(23-25-33)32-21-20-31-19-18-30-12-4-5-13-34(30)38(31)26-32/h3*1-27H. The molecule has 0 amide bonds. The van der Waals surface area contributed by atoms with Crippen LogP contribution in [-0.2, 0) is 0 Å². The average molecular weight is 1640 g/mol. The molecule has 0 radical (unpaired) electrons. The molecule has 0 unspecified atom stereocenters. The van der Waals surface area contributed by atoms with Gasteiger partial charge in [0.15, 0.2) is 0 Å². The Balaban J connectivity index is 0.000000105. The molecular weight excluding hydrogens is 1560 g/mol. The highest BCUT2D eigenvalue weighted by Gasteiger charge is 2.24. The first-order valence-corrected chi connectivity index (χ1v) is 44.6. The zero-order valence-electron chi connectivity index (χ0n) is 70.6. The van der Waals surface area contributed by atoms with E-state index in [-0.39, 0.29) is 0 Å². The molecule has 27 rings (SSSR count). The lowest BCUT2D eigenvalue weighted by Gasteiger charge is -2.15. The topological polar surface area (TPSA) is 14.8 Å². The minimum atomic E-state index is 1.17. The third-order valence-corrected chi connectivity index (χ3v) is 26.9. The first kappa shape index (κ1) is 74.6. The van der Waals surface area contributed by atoms with Gasteiger partial charge in [-0.1, -0.05) is 400 Å². The molecule has 600 valence electrons. The molecule has 0 aliphatic rings. The minimum Gasteiger partial charge on any atom is -0.309 e. The second-order valence-corrected chi connectivity index (χ2v) is 34.0. The van der Waals surface area contributed by atoms with E-state index in [0.717, 1.165) is 0 Å². The maximum Gasteiger partial charge on any atom is 0.0619 e. The number of nitrogens with zero attached hydrogens (tertiary/aromatic N) is 3. The second kappa shape index (κ2) is 31.1. The third kappa shape index (κ3) is 12.6. The first-order valence-electron chi connectivity index (χ1n) is 44.6. The van der Waals surface area contributed by atoms with Crippen molar-refractivity contribution in [3.05, 3.63) is 491 Å². The van der Waals surface area contributed by atoms with E-state index in [4.69, 9.17) is 0 Å². The molecule has 3 heterocycles. The predicted octanol–water partition coefficient (Wildman–Crippen LogP) is 34.7. The van der Waals surface area contributed by atoms with E-state index < -0.39 is 0 Å². The first-order chi connectivity index (χ1) is 64.0. The van der Waals surface area contributed by atoms with Crippen molar-refractivity contribution < 1.29 is 0 Å². The summed E-state index contributed by atoms with van der Waals surface area (Å²) in [6.45, 7) is 0. The van der Waals surface area contributed by atoms with Gasteiger partial charge in [0, 0.05) is 65.5 Å². The summed E-state index contributed by atoms with van der Waals surface area (Å²) in [6.07, 6.45) is 0. The van der Waals surface area contributed by atoms with E-state index >= 15 is 0 Å². The van der Waals surface area contributed by atoms with Crippen molar-refractivity contribution in [2.45, 2.75) is 0 Å². The molecule has 3 nitrogen and oxygen atoms in total. The highest BCUT2D eigenvalue weighted by atomic mass is 15.0. The van der Waals surface area contributed by atoms with Crippen LogP contribution in [0.25, 0.3) is 246 Å². The van der Waals surface area contributed by atoms with Gasteiger partial charge in [-0.25, -0.2) is 0 Å². The molecule has 0 aliphatic heterocycles. The summed E-state index contributed by atoms with van der Waals surface area (Å²) in [7, 11) is 0. The number of rotatable bonds is 9. The molecule has 129 heavy (non-hydrogen) atoms. The lowest BCUT2D eigenvalue weighted by Crippen LogP contribution is -1.96. The smallest absolute Gasteiger partial charge is 0.0619 e. The van der Waals surface area contributed by atoms with Crippen LogP contribution in [0, 0.1) is 0 Å². The summed E-state index contributed by atoms with van der Waals surface area (Å²) in [5.41, 5.74) is 25.8. The SMILES string of the molecule is c1ccc(-c2cc3c4ccccc4n(-c4ccc(-c5ccc6c(ccc7ccccc76)c5)cc4)c3c3ccccc23)cc1.c1ccc(-c2cc3c4ccccc4n(-c4ccc(-c5ccc6ccc7ccccc7c6c5)cc4)c3c3ccccc23)cc1.c1ccc(-c2cc3c4ccccc4n(-c4cccc(-c5cc6ccccc6c6ccccc56)c4)c3c3ccccc23)cc1. The molecule has 0 saturated heterocycles. The fourth-order valence-corrected chi connectivity index (χ4v) is 20.9. The van der Waals surface area contributed by atoms with Crippen LogP contribution >= 0.6 is 0 Å². The van der Waals surface area contributed by atoms with E-state index in [9.17, 15) is 0 Å². The van der Waals surface area contributed by atoms with Crippen molar-refractivity contribution >= 4 is 162 Å². The van der Waals surface area contributed by atoms with Crippen LogP contribution in [0.5, 0.6) is 0 Å². The van der Waals surface area contributed by atoms with Crippen molar-refractivity contribution in [2.75, 3.05) is 0 Å². The predicted molar refractivity (Wildman–Crippen MR) is 553 cm³/mol. The van der Waals surface area contributed by atoms with Crippen LogP contribution in [0.1, 0.15) is 0 Å². The van der Waals surface area contributed by atoms with Gasteiger partial charge in [-0.15, -0.1) is 0 Å². The molecule has 0 spiro atoms. The van der Waals surface area contributed by atoms with Gasteiger partial charge in [0.25, 0.3) is 0 Å². The van der Waals surface area contributed by atoms with Crippen molar-refractivity contribution in [1.29, 1.82) is 0 Å². The number of para-hydroxylation sites is 3.